The maximum Gasteiger partial charge on any atom is 0.220 e. The molecule has 3 heterocycles. The molecule has 1 amide bonds. The normalized spacial score (nSPS) is 26.0. The summed E-state index contributed by atoms with van der Waals surface area (Å²) in [5.74, 6) is -0.282. The van der Waals surface area contributed by atoms with E-state index in [1.165, 1.54) is 289 Å². The van der Waals surface area contributed by atoms with Gasteiger partial charge in [0.1, 0.15) is 73.2 Å². The van der Waals surface area contributed by atoms with Gasteiger partial charge in [-0.05, 0) is 44.9 Å². The Morgan fingerprint density at radius 2 is 0.615 bits per heavy atom. The number of ether oxygens (including phenoxy) is 6. The van der Waals surface area contributed by atoms with Crippen LogP contribution in [-0.2, 0) is 33.2 Å². The fourth-order valence-corrected chi connectivity index (χ4v) is 14.8. The second-order valence-electron chi connectivity index (χ2n) is 31.0. The second-order valence-corrected chi connectivity index (χ2v) is 31.0. The van der Waals surface area contributed by atoms with Crippen LogP contribution < -0.4 is 5.32 Å². The van der Waals surface area contributed by atoms with Gasteiger partial charge < -0.3 is 89.9 Å². The van der Waals surface area contributed by atoms with Crippen molar-refractivity contribution < 1.29 is 89.4 Å². The molecule has 612 valence electrons. The Bertz CT molecular complexity index is 2020. The molecule has 0 radical (unpaired) electrons. The van der Waals surface area contributed by atoms with Crippen molar-refractivity contribution in [2.45, 2.75) is 471 Å². The van der Waals surface area contributed by atoms with Gasteiger partial charge in [0, 0.05) is 6.42 Å². The van der Waals surface area contributed by atoms with Crippen LogP contribution in [0, 0.1) is 0 Å². The lowest BCUT2D eigenvalue weighted by molar-refractivity contribution is -0.379. The topological polar surface area (TPSA) is 307 Å². The number of nitrogens with one attached hydrogen (secondary N) is 1. The molecule has 0 aromatic heterocycles. The van der Waals surface area contributed by atoms with Crippen LogP contribution in [0.5, 0.6) is 0 Å². The van der Waals surface area contributed by atoms with Crippen molar-refractivity contribution in [3.63, 3.8) is 0 Å². The standard InChI is InChI=1S/C85H159NO18/c1-3-5-7-9-11-13-15-17-19-21-23-25-27-29-31-33-35-36-38-40-42-44-46-48-50-52-54-56-58-60-62-69(90)68(86-73(91)63-61-59-57-55-53-51-49-47-45-43-41-39-37-34-32-30-28-26-24-22-20-18-16-14-12-10-8-6-4-2)67-99-83-79(97)76(94)81(71(65-88)101-83)104-85-80(98)77(95)82(72(66-89)102-85)103-84-78(96)75(93)74(92)70(64-87)100-84/h44,46,52,54,60,62,68-72,74-85,87-90,92-98H,3-43,45,47-51,53,55-59,61,63-67H2,1-2H3,(H,86,91)/b46-44+,54-52+,62-60+. The smallest absolute Gasteiger partial charge is 0.220 e. The van der Waals surface area contributed by atoms with Gasteiger partial charge in [-0.15, -0.1) is 0 Å². The molecule has 17 unspecified atom stereocenters. The van der Waals surface area contributed by atoms with Gasteiger partial charge in [0.2, 0.25) is 5.91 Å². The molecule has 0 aromatic carbocycles. The summed E-state index contributed by atoms with van der Waals surface area (Å²) in [6.07, 6.45) is 55.9. The third kappa shape index (κ3) is 44.8. The van der Waals surface area contributed by atoms with E-state index in [1.54, 1.807) is 6.08 Å². The molecule has 3 aliphatic heterocycles. The van der Waals surface area contributed by atoms with Crippen molar-refractivity contribution in [1.82, 2.24) is 5.32 Å². The van der Waals surface area contributed by atoms with E-state index in [0.29, 0.717) is 12.8 Å². The molecule has 3 aliphatic rings. The molecule has 3 saturated heterocycles. The number of allylic oxidation sites excluding steroid dienone is 5. The number of aliphatic hydroxyl groups excluding tert-OH is 11. The van der Waals surface area contributed by atoms with Gasteiger partial charge in [0.05, 0.1) is 38.6 Å². The number of hydrogen-bond acceptors (Lipinski definition) is 18. The van der Waals surface area contributed by atoms with Gasteiger partial charge in [0.15, 0.2) is 18.9 Å². The third-order valence-corrected chi connectivity index (χ3v) is 21.7. The van der Waals surface area contributed by atoms with Gasteiger partial charge in [-0.2, -0.15) is 0 Å². The van der Waals surface area contributed by atoms with Gasteiger partial charge in [0.25, 0.3) is 0 Å². The monoisotopic (exact) mass is 1480 g/mol. The van der Waals surface area contributed by atoms with Crippen LogP contribution in [0.25, 0.3) is 0 Å². The first-order chi connectivity index (χ1) is 50.8. The minimum absolute atomic E-state index is 0.237. The van der Waals surface area contributed by atoms with Gasteiger partial charge >= 0.3 is 0 Å². The predicted octanol–water partition coefficient (Wildman–Crippen LogP) is 15.5. The van der Waals surface area contributed by atoms with Crippen molar-refractivity contribution in [3.8, 4) is 0 Å². The summed E-state index contributed by atoms with van der Waals surface area (Å²) in [7, 11) is 0. The number of hydrogen-bond donors (Lipinski definition) is 12. The molecule has 0 aliphatic carbocycles. The number of aliphatic hydroxyl groups is 11. The molecule has 0 aromatic rings. The molecule has 3 rings (SSSR count). The molecule has 12 N–H and O–H groups in total. The Balaban J connectivity index is 1.37. The molecular formula is C85H159NO18. The largest absolute Gasteiger partial charge is 0.394 e. The number of rotatable bonds is 70. The Kier molecular flexibility index (Phi) is 60.8. The van der Waals surface area contributed by atoms with Crippen LogP contribution in [-0.4, -0.2) is 193 Å². The zero-order chi connectivity index (χ0) is 75.3. The fraction of sp³-hybridized carbons (Fsp3) is 0.918. The van der Waals surface area contributed by atoms with Gasteiger partial charge in [-0.1, -0.05) is 352 Å². The predicted molar refractivity (Wildman–Crippen MR) is 416 cm³/mol. The van der Waals surface area contributed by atoms with Crippen LogP contribution in [0.15, 0.2) is 36.5 Å². The molecule has 17 atom stereocenters. The molecule has 0 saturated carbocycles. The first-order valence-corrected chi connectivity index (χ1v) is 43.2. The minimum atomic E-state index is -1.98. The highest BCUT2D eigenvalue weighted by molar-refractivity contribution is 5.76. The Hall–Kier alpha value is -1.99. The van der Waals surface area contributed by atoms with E-state index in [2.05, 4.69) is 43.5 Å². The molecular weight excluding hydrogens is 1320 g/mol. The van der Waals surface area contributed by atoms with E-state index in [0.717, 1.165) is 44.9 Å². The van der Waals surface area contributed by atoms with Crippen LogP contribution in [0.4, 0.5) is 0 Å². The van der Waals surface area contributed by atoms with Gasteiger partial charge in [-0.25, -0.2) is 0 Å². The first-order valence-electron chi connectivity index (χ1n) is 43.2. The summed E-state index contributed by atoms with van der Waals surface area (Å²) < 4.78 is 34.5. The van der Waals surface area contributed by atoms with Crippen LogP contribution in [0.2, 0.25) is 0 Å². The van der Waals surface area contributed by atoms with Crippen LogP contribution in [0.1, 0.15) is 367 Å². The average molecular weight is 1480 g/mol. The average Bonchev–Trinajstić information content (AvgIpc) is 0.783. The highest BCUT2D eigenvalue weighted by Crippen LogP contribution is 2.33. The van der Waals surface area contributed by atoms with Gasteiger partial charge in [-0.3, -0.25) is 4.79 Å². The summed E-state index contributed by atoms with van der Waals surface area (Å²) in [4.78, 5) is 13.5. The highest BCUT2D eigenvalue weighted by Gasteiger charge is 2.54. The summed E-state index contributed by atoms with van der Waals surface area (Å²) >= 11 is 0. The number of amides is 1. The fourth-order valence-electron chi connectivity index (χ4n) is 14.8. The van der Waals surface area contributed by atoms with Crippen LogP contribution >= 0.6 is 0 Å². The van der Waals surface area contributed by atoms with Crippen molar-refractivity contribution >= 4 is 5.91 Å². The van der Waals surface area contributed by atoms with E-state index >= 15 is 0 Å². The summed E-state index contributed by atoms with van der Waals surface area (Å²) in [5.41, 5.74) is 0. The maximum atomic E-state index is 13.5. The molecule has 0 spiro atoms. The van der Waals surface area contributed by atoms with E-state index in [-0.39, 0.29) is 18.9 Å². The Morgan fingerprint density at radius 1 is 0.337 bits per heavy atom. The molecule has 0 bridgehead atoms. The molecule has 19 nitrogen and oxygen atoms in total. The lowest BCUT2D eigenvalue weighted by Crippen LogP contribution is -2.66. The lowest BCUT2D eigenvalue weighted by atomic mass is 9.96. The van der Waals surface area contributed by atoms with E-state index in [1.807, 2.05) is 6.08 Å². The van der Waals surface area contributed by atoms with E-state index < -0.39 is 124 Å². The quantitative estimate of drug-likeness (QED) is 0.0199. The summed E-state index contributed by atoms with van der Waals surface area (Å²) in [6.45, 7) is 1.78. The zero-order valence-electron chi connectivity index (χ0n) is 65.8. The van der Waals surface area contributed by atoms with E-state index in [4.69, 9.17) is 28.4 Å². The van der Waals surface area contributed by atoms with E-state index in [9.17, 15) is 61.0 Å². The highest BCUT2D eigenvalue weighted by atomic mass is 16.8. The first kappa shape index (κ1) is 96.2. The summed E-state index contributed by atoms with van der Waals surface area (Å²) in [5, 5.41) is 121. The zero-order valence-corrected chi connectivity index (χ0v) is 65.8. The minimum Gasteiger partial charge on any atom is -0.394 e. The number of carbonyl (C=O) groups is 1. The SMILES string of the molecule is CCCCCCCCCCCCCCCCCCCCCC/C=C/CC/C=C/CC/C=C/C(O)C(COC1OC(CO)C(OC2OC(CO)C(OC3OC(CO)C(O)C(O)C3O)C(O)C2O)C(O)C1O)NC(=O)CCCCCCCCCCCCCCCCCCCCCCCCCCCCCCC. The maximum absolute atomic E-state index is 13.5. The Morgan fingerprint density at radius 3 is 0.962 bits per heavy atom. The summed E-state index contributed by atoms with van der Waals surface area (Å²) in [6, 6.07) is -0.997. The van der Waals surface area contributed by atoms with Crippen molar-refractivity contribution in [2.75, 3.05) is 26.4 Å². The van der Waals surface area contributed by atoms with Crippen molar-refractivity contribution in [2.24, 2.45) is 0 Å². The van der Waals surface area contributed by atoms with Crippen molar-refractivity contribution in [1.29, 1.82) is 0 Å². The third-order valence-electron chi connectivity index (χ3n) is 21.7. The number of unbranched alkanes of at least 4 members (excludes halogenated alkanes) is 50. The Labute approximate surface area is 631 Å². The lowest BCUT2D eigenvalue weighted by Gasteiger charge is -2.48. The molecule has 104 heavy (non-hydrogen) atoms. The molecule has 3 fully saturated rings. The number of carbonyl (C=O) groups excluding carboxylic acids is 1. The second kappa shape index (κ2) is 65.7. The van der Waals surface area contributed by atoms with Crippen molar-refractivity contribution in [3.05, 3.63) is 36.5 Å². The van der Waals surface area contributed by atoms with Crippen LogP contribution in [0.3, 0.4) is 0 Å². The molecule has 19 heteroatoms.